The molecule has 0 aliphatic heterocycles. The topological polar surface area (TPSA) is 57.5 Å². The Labute approximate surface area is 98.7 Å². The molecule has 1 aromatic carbocycles. The summed E-state index contributed by atoms with van der Waals surface area (Å²) in [5.41, 5.74) is 0.259. The van der Waals surface area contributed by atoms with Gasteiger partial charge in [0.2, 0.25) is 0 Å². The van der Waals surface area contributed by atoms with Gasteiger partial charge >= 0.3 is 5.97 Å². The maximum absolute atomic E-state index is 10.9. The molecule has 0 heterocycles. The van der Waals surface area contributed by atoms with Gasteiger partial charge in [-0.1, -0.05) is 18.0 Å². The Kier molecular flexibility index (Phi) is 2.80. The van der Waals surface area contributed by atoms with Crippen LogP contribution in [0.25, 0.3) is 0 Å². The minimum absolute atomic E-state index is 0.0565. The second kappa shape index (κ2) is 3.98. The summed E-state index contributed by atoms with van der Waals surface area (Å²) in [5, 5.41) is 19.2. The standard InChI is InChI=1S/C12H13ClO3/c13-8-2-3-10(14)9(6-8)12(4-1-5-12)7-11(15)16/h2-3,6,14H,1,4-5,7H2,(H,15,16). The lowest BCUT2D eigenvalue weighted by molar-refractivity contribution is -0.139. The van der Waals surface area contributed by atoms with Crippen molar-refractivity contribution in [1.29, 1.82) is 0 Å². The predicted molar refractivity (Wildman–Crippen MR) is 60.9 cm³/mol. The molecule has 0 aromatic heterocycles. The first-order valence-electron chi connectivity index (χ1n) is 5.24. The van der Waals surface area contributed by atoms with Gasteiger partial charge in [0.1, 0.15) is 5.75 Å². The van der Waals surface area contributed by atoms with Gasteiger partial charge < -0.3 is 10.2 Å². The van der Waals surface area contributed by atoms with Gasteiger partial charge in [-0.3, -0.25) is 4.79 Å². The van der Waals surface area contributed by atoms with Crippen LogP contribution in [0.5, 0.6) is 5.75 Å². The molecular weight excluding hydrogens is 228 g/mol. The van der Waals surface area contributed by atoms with E-state index in [1.54, 1.807) is 12.1 Å². The Morgan fingerprint density at radius 2 is 2.12 bits per heavy atom. The largest absolute Gasteiger partial charge is 0.508 e. The maximum Gasteiger partial charge on any atom is 0.304 e. The first-order valence-corrected chi connectivity index (χ1v) is 5.62. The molecule has 0 unspecified atom stereocenters. The van der Waals surface area contributed by atoms with Crippen LogP contribution in [0, 0.1) is 0 Å². The lowest BCUT2D eigenvalue weighted by atomic mass is 9.62. The summed E-state index contributed by atoms with van der Waals surface area (Å²) in [5.74, 6) is -0.690. The van der Waals surface area contributed by atoms with Crippen molar-refractivity contribution in [1.82, 2.24) is 0 Å². The monoisotopic (exact) mass is 240 g/mol. The third-order valence-corrected chi connectivity index (χ3v) is 3.57. The number of phenols is 1. The molecule has 86 valence electrons. The van der Waals surface area contributed by atoms with Crippen molar-refractivity contribution in [2.45, 2.75) is 31.1 Å². The van der Waals surface area contributed by atoms with Crippen LogP contribution in [0.3, 0.4) is 0 Å². The molecule has 1 aromatic rings. The van der Waals surface area contributed by atoms with E-state index in [-0.39, 0.29) is 12.2 Å². The fraction of sp³-hybridized carbons (Fsp3) is 0.417. The first-order chi connectivity index (χ1) is 7.53. The number of hydrogen-bond donors (Lipinski definition) is 2. The highest BCUT2D eigenvalue weighted by Crippen LogP contribution is 2.49. The number of phenolic OH excluding ortho intramolecular Hbond substituents is 1. The summed E-state index contributed by atoms with van der Waals surface area (Å²) in [6, 6.07) is 4.81. The van der Waals surface area contributed by atoms with Gasteiger partial charge in [0.05, 0.1) is 6.42 Å². The smallest absolute Gasteiger partial charge is 0.304 e. The molecule has 1 fully saturated rings. The van der Waals surface area contributed by atoms with Crippen molar-refractivity contribution in [3.63, 3.8) is 0 Å². The Balaban J connectivity index is 2.39. The van der Waals surface area contributed by atoms with Gasteiger partial charge in [-0.05, 0) is 31.0 Å². The minimum Gasteiger partial charge on any atom is -0.508 e. The van der Waals surface area contributed by atoms with Gasteiger partial charge in [0.15, 0.2) is 0 Å². The van der Waals surface area contributed by atoms with Crippen LogP contribution in [0.1, 0.15) is 31.2 Å². The summed E-state index contributed by atoms with van der Waals surface area (Å²) in [7, 11) is 0. The van der Waals surface area contributed by atoms with Crippen molar-refractivity contribution in [2.24, 2.45) is 0 Å². The van der Waals surface area contributed by atoms with E-state index >= 15 is 0 Å². The molecular formula is C12H13ClO3. The predicted octanol–water partition coefficient (Wildman–Crippen LogP) is 2.94. The highest BCUT2D eigenvalue weighted by atomic mass is 35.5. The van der Waals surface area contributed by atoms with Gasteiger partial charge in [-0.2, -0.15) is 0 Å². The highest BCUT2D eigenvalue weighted by molar-refractivity contribution is 6.30. The van der Waals surface area contributed by atoms with Crippen LogP contribution >= 0.6 is 11.6 Å². The van der Waals surface area contributed by atoms with Crippen LogP contribution in [0.15, 0.2) is 18.2 Å². The van der Waals surface area contributed by atoms with Crippen molar-refractivity contribution in [3.05, 3.63) is 28.8 Å². The number of hydrogen-bond acceptors (Lipinski definition) is 2. The van der Waals surface area contributed by atoms with E-state index in [1.807, 2.05) is 0 Å². The van der Waals surface area contributed by atoms with Crippen LogP contribution < -0.4 is 0 Å². The number of carboxylic acid groups (broad SMARTS) is 1. The molecule has 0 atom stereocenters. The Morgan fingerprint density at radius 1 is 1.44 bits per heavy atom. The molecule has 1 aliphatic rings. The van der Waals surface area contributed by atoms with E-state index in [0.29, 0.717) is 10.6 Å². The van der Waals surface area contributed by atoms with Crippen molar-refractivity contribution >= 4 is 17.6 Å². The summed E-state index contributed by atoms with van der Waals surface area (Å²) >= 11 is 5.88. The maximum atomic E-state index is 10.9. The van der Waals surface area contributed by atoms with Crippen LogP contribution in [-0.4, -0.2) is 16.2 Å². The SMILES string of the molecule is O=C(O)CC1(c2cc(Cl)ccc2O)CCC1. The van der Waals surface area contributed by atoms with E-state index in [4.69, 9.17) is 16.7 Å². The number of rotatable bonds is 3. The van der Waals surface area contributed by atoms with Gasteiger partial charge in [-0.15, -0.1) is 0 Å². The normalized spacial score (nSPS) is 17.8. The number of aromatic hydroxyl groups is 1. The Bertz CT molecular complexity index is 424. The minimum atomic E-state index is -0.834. The first kappa shape index (κ1) is 11.3. The van der Waals surface area contributed by atoms with E-state index in [1.165, 1.54) is 6.07 Å². The van der Waals surface area contributed by atoms with Gasteiger partial charge in [0, 0.05) is 16.0 Å². The van der Waals surface area contributed by atoms with Crippen LogP contribution in [0.4, 0.5) is 0 Å². The molecule has 3 nitrogen and oxygen atoms in total. The summed E-state index contributed by atoms with van der Waals surface area (Å²) in [6.45, 7) is 0. The fourth-order valence-corrected chi connectivity index (χ4v) is 2.54. The third kappa shape index (κ3) is 1.87. The summed E-state index contributed by atoms with van der Waals surface area (Å²) in [6.07, 6.45) is 2.65. The molecule has 0 saturated heterocycles. The highest BCUT2D eigenvalue weighted by Gasteiger charge is 2.42. The van der Waals surface area contributed by atoms with E-state index < -0.39 is 11.4 Å². The van der Waals surface area contributed by atoms with Crippen molar-refractivity contribution < 1.29 is 15.0 Å². The fourth-order valence-electron chi connectivity index (χ4n) is 2.37. The lowest BCUT2D eigenvalue weighted by Crippen LogP contribution is -2.36. The molecule has 2 rings (SSSR count). The van der Waals surface area contributed by atoms with E-state index in [0.717, 1.165) is 19.3 Å². The Hall–Kier alpha value is -1.22. The summed E-state index contributed by atoms with van der Waals surface area (Å²) in [4.78, 5) is 10.9. The van der Waals surface area contributed by atoms with E-state index in [9.17, 15) is 9.90 Å². The quantitative estimate of drug-likeness (QED) is 0.854. The zero-order valence-corrected chi connectivity index (χ0v) is 9.50. The number of halogens is 1. The number of carboxylic acids is 1. The molecule has 1 saturated carbocycles. The average molecular weight is 241 g/mol. The number of benzene rings is 1. The second-order valence-electron chi connectivity index (χ2n) is 4.37. The van der Waals surface area contributed by atoms with Crippen LogP contribution in [-0.2, 0) is 10.2 Å². The second-order valence-corrected chi connectivity index (χ2v) is 4.80. The molecule has 0 radical (unpaired) electrons. The molecule has 0 bridgehead atoms. The number of carbonyl (C=O) groups is 1. The van der Waals surface area contributed by atoms with Gasteiger partial charge in [0.25, 0.3) is 0 Å². The molecule has 0 amide bonds. The summed E-state index contributed by atoms with van der Waals surface area (Å²) < 4.78 is 0. The molecule has 2 N–H and O–H groups in total. The van der Waals surface area contributed by atoms with Crippen molar-refractivity contribution in [2.75, 3.05) is 0 Å². The average Bonchev–Trinajstić information content (AvgIpc) is 2.15. The molecule has 1 aliphatic carbocycles. The van der Waals surface area contributed by atoms with Crippen molar-refractivity contribution in [3.8, 4) is 5.75 Å². The molecule has 16 heavy (non-hydrogen) atoms. The lowest BCUT2D eigenvalue weighted by Gasteiger charge is -2.41. The molecule has 0 spiro atoms. The Morgan fingerprint density at radius 3 is 2.62 bits per heavy atom. The van der Waals surface area contributed by atoms with Gasteiger partial charge in [-0.25, -0.2) is 0 Å². The van der Waals surface area contributed by atoms with E-state index in [2.05, 4.69) is 0 Å². The zero-order valence-electron chi connectivity index (χ0n) is 8.74. The zero-order chi connectivity index (χ0) is 11.8. The third-order valence-electron chi connectivity index (χ3n) is 3.33. The number of aliphatic carboxylic acids is 1. The van der Waals surface area contributed by atoms with Crippen LogP contribution in [0.2, 0.25) is 5.02 Å². The molecule has 4 heteroatoms.